The van der Waals surface area contributed by atoms with Gasteiger partial charge in [-0.05, 0) is 25.7 Å². The molecule has 1 fully saturated rings. The smallest absolute Gasteiger partial charge is 0.396 e. The Balaban J connectivity index is 2.19. The van der Waals surface area contributed by atoms with Gasteiger partial charge in [0.05, 0.1) is 78.3 Å². The molecule has 0 aromatic heterocycles. The van der Waals surface area contributed by atoms with Crippen molar-refractivity contribution in [2.75, 3.05) is 92.5 Å². The molecule has 0 radical (unpaired) electrons. The Bertz CT molecular complexity index is 760. The number of aliphatic hydroxyl groups is 5. The van der Waals surface area contributed by atoms with E-state index in [2.05, 4.69) is 18.9 Å². The predicted molar refractivity (Wildman–Crippen MR) is 141 cm³/mol. The fourth-order valence-corrected chi connectivity index (χ4v) is 3.85. The van der Waals surface area contributed by atoms with Crippen molar-refractivity contribution in [2.45, 2.75) is 74.7 Å². The molecule has 0 bridgehead atoms. The van der Waals surface area contributed by atoms with Crippen LogP contribution in [0.5, 0.6) is 0 Å². The minimum Gasteiger partial charge on any atom is -0.396 e. The lowest BCUT2D eigenvalue weighted by Crippen LogP contribution is -2.44. The molecular weight excluding hydrogens is 650 g/mol. The van der Waals surface area contributed by atoms with Gasteiger partial charge in [0.2, 0.25) is 0 Å². The maximum atomic E-state index is 13.7. The number of halogens is 6. The first-order valence-corrected chi connectivity index (χ1v) is 14.6. The second kappa shape index (κ2) is 23.4. The van der Waals surface area contributed by atoms with Gasteiger partial charge in [-0.1, -0.05) is 0 Å². The van der Waals surface area contributed by atoms with Gasteiger partial charge in [0.15, 0.2) is 0 Å². The summed E-state index contributed by atoms with van der Waals surface area (Å²) in [4.78, 5) is 0. The molecule has 0 saturated heterocycles. The van der Waals surface area contributed by atoms with Crippen molar-refractivity contribution in [3.8, 4) is 0 Å². The van der Waals surface area contributed by atoms with Gasteiger partial charge in [-0.2, -0.15) is 17.6 Å². The summed E-state index contributed by atoms with van der Waals surface area (Å²) in [5.41, 5.74) is 0. The summed E-state index contributed by atoms with van der Waals surface area (Å²) in [5.74, 6) is 0. The Morgan fingerprint density at radius 3 is 1.61 bits per heavy atom. The highest BCUT2D eigenvalue weighted by atomic mass is 19.3. The van der Waals surface area contributed by atoms with Crippen molar-refractivity contribution in [3.63, 3.8) is 0 Å². The molecule has 1 saturated carbocycles. The fraction of sp³-hybridized carbons (Fsp3) is 1.00. The van der Waals surface area contributed by atoms with Crippen molar-refractivity contribution in [3.05, 3.63) is 0 Å². The molecule has 276 valence electrons. The molecule has 0 aliphatic heterocycles. The SMILES string of the molecule is OCCCOCC(O)COCC(O)COCC(F)(F)OC(F)(F)OC(F)(F)COCCOCC(O)COC1CCCC1OCCO. The zero-order valence-corrected chi connectivity index (χ0v) is 25.3. The van der Waals surface area contributed by atoms with E-state index in [1.165, 1.54) is 0 Å². The van der Waals surface area contributed by atoms with E-state index in [0.29, 0.717) is 12.8 Å². The van der Waals surface area contributed by atoms with Crippen molar-refractivity contribution in [2.24, 2.45) is 0 Å². The molecule has 5 unspecified atom stereocenters. The van der Waals surface area contributed by atoms with Gasteiger partial charge in [0, 0.05) is 13.2 Å². The molecule has 1 aliphatic carbocycles. The molecule has 0 amide bonds. The van der Waals surface area contributed by atoms with Gasteiger partial charge in [0.25, 0.3) is 0 Å². The monoisotopic (exact) mass is 696 g/mol. The van der Waals surface area contributed by atoms with Crippen LogP contribution in [0.2, 0.25) is 0 Å². The average molecular weight is 697 g/mol. The minimum absolute atomic E-state index is 0.0933. The van der Waals surface area contributed by atoms with Crippen molar-refractivity contribution < 1.29 is 94.5 Å². The first-order valence-electron chi connectivity index (χ1n) is 14.6. The van der Waals surface area contributed by atoms with E-state index in [1.54, 1.807) is 0 Å². The van der Waals surface area contributed by atoms with Crippen LogP contribution >= 0.6 is 0 Å². The minimum atomic E-state index is -5.47. The van der Waals surface area contributed by atoms with E-state index in [4.69, 9.17) is 33.9 Å². The van der Waals surface area contributed by atoms with Crippen molar-refractivity contribution >= 4 is 0 Å². The lowest BCUT2D eigenvalue weighted by atomic mass is 10.2. The van der Waals surface area contributed by atoms with E-state index in [0.717, 1.165) is 12.8 Å². The number of aliphatic hydroxyl groups excluding tert-OH is 5. The fourth-order valence-electron chi connectivity index (χ4n) is 3.85. The summed E-state index contributed by atoms with van der Waals surface area (Å²) in [6.45, 7) is -6.50. The molecular formula is C26H46F6O14. The quantitative estimate of drug-likeness (QED) is 0.0391. The van der Waals surface area contributed by atoms with Gasteiger partial charge < -0.3 is 58.7 Å². The molecule has 0 heterocycles. The largest absolute Gasteiger partial charge is 0.495 e. The lowest BCUT2D eigenvalue weighted by molar-refractivity contribution is -0.518. The highest BCUT2D eigenvalue weighted by molar-refractivity contribution is 4.79. The van der Waals surface area contributed by atoms with Crippen LogP contribution in [0.4, 0.5) is 26.3 Å². The van der Waals surface area contributed by atoms with Crippen LogP contribution in [-0.2, 0) is 42.6 Å². The van der Waals surface area contributed by atoms with Crippen LogP contribution in [0.25, 0.3) is 0 Å². The number of rotatable bonds is 30. The second-order valence-corrected chi connectivity index (χ2v) is 10.2. The highest BCUT2D eigenvalue weighted by Crippen LogP contribution is 2.33. The van der Waals surface area contributed by atoms with Crippen LogP contribution in [-0.4, -0.2) is 167 Å². The van der Waals surface area contributed by atoms with Crippen LogP contribution in [0.15, 0.2) is 0 Å². The summed E-state index contributed by atoms with van der Waals surface area (Å²) in [6, 6.07) is 0. The molecule has 14 nitrogen and oxygen atoms in total. The van der Waals surface area contributed by atoms with Gasteiger partial charge in [0.1, 0.15) is 31.5 Å². The summed E-state index contributed by atoms with van der Waals surface area (Å²) in [6.07, 6.45) is -16.5. The summed E-state index contributed by atoms with van der Waals surface area (Å²) < 4.78 is 123. The molecule has 1 rings (SSSR count). The number of hydrogen-bond donors (Lipinski definition) is 5. The Kier molecular flexibility index (Phi) is 21.9. The third-order valence-corrected chi connectivity index (χ3v) is 5.76. The van der Waals surface area contributed by atoms with E-state index in [-0.39, 0.29) is 71.7 Å². The van der Waals surface area contributed by atoms with E-state index < -0.39 is 69.9 Å². The molecule has 20 heteroatoms. The highest BCUT2D eigenvalue weighted by Gasteiger charge is 2.52. The Labute approximate surface area is 262 Å². The van der Waals surface area contributed by atoms with Crippen LogP contribution in [0, 0.1) is 0 Å². The molecule has 5 N–H and O–H groups in total. The van der Waals surface area contributed by atoms with Gasteiger partial charge in [-0.15, -0.1) is 8.78 Å². The van der Waals surface area contributed by atoms with Crippen molar-refractivity contribution in [1.29, 1.82) is 0 Å². The molecule has 5 atom stereocenters. The van der Waals surface area contributed by atoms with Crippen molar-refractivity contribution in [1.82, 2.24) is 0 Å². The van der Waals surface area contributed by atoms with E-state index >= 15 is 0 Å². The second-order valence-electron chi connectivity index (χ2n) is 10.2. The Morgan fingerprint density at radius 1 is 0.543 bits per heavy atom. The van der Waals surface area contributed by atoms with E-state index in [1.807, 2.05) is 0 Å². The molecule has 1 aliphatic rings. The van der Waals surface area contributed by atoms with Gasteiger partial charge in [-0.25, -0.2) is 9.47 Å². The zero-order chi connectivity index (χ0) is 34.5. The van der Waals surface area contributed by atoms with Crippen LogP contribution in [0.3, 0.4) is 0 Å². The number of hydrogen-bond acceptors (Lipinski definition) is 14. The normalized spacial score (nSPS) is 19.9. The summed E-state index contributed by atoms with van der Waals surface area (Å²) in [7, 11) is 0. The molecule has 0 spiro atoms. The standard InChI is InChI=1S/C26H46F6O14/c27-24(28,17-40-10-9-39-12-21(37)16-44-23-4-1-3-22(23)43-8-6-34)45-26(31,32)46-25(29,30)18-42-15-20(36)14-41-13-19(35)11-38-7-2-5-33/h19-23,33-37H,1-18H2. The lowest BCUT2D eigenvalue weighted by Gasteiger charge is -2.26. The van der Waals surface area contributed by atoms with Gasteiger partial charge in [-0.3, -0.25) is 0 Å². The third kappa shape index (κ3) is 21.8. The zero-order valence-electron chi connectivity index (χ0n) is 25.3. The predicted octanol–water partition coefficient (Wildman–Crippen LogP) is 0.250. The Hall–Kier alpha value is -0.980. The van der Waals surface area contributed by atoms with Gasteiger partial charge >= 0.3 is 18.5 Å². The summed E-state index contributed by atoms with van der Waals surface area (Å²) in [5, 5.41) is 46.6. The number of alkyl halides is 6. The van der Waals surface area contributed by atoms with E-state index in [9.17, 15) is 41.7 Å². The Morgan fingerprint density at radius 2 is 1.02 bits per heavy atom. The first-order chi connectivity index (χ1) is 21.7. The molecule has 46 heavy (non-hydrogen) atoms. The third-order valence-electron chi connectivity index (χ3n) is 5.76. The average Bonchev–Trinajstić information content (AvgIpc) is 3.40. The molecule has 0 aromatic rings. The topological polar surface area (TPSA) is 184 Å². The summed E-state index contributed by atoms with van der Waals surface area (Å²) >= 11 is 0. The first kappa shape index (κ1) is 43.0. The molecule has 0 aromatic carbocycles. The van der Waals surface area contributed by atoms with Crippen LogP contribution < -0.4 is 0 Å². The maximum Gasteiger partial charge on any atom is 0.495 e. The number of ether oxygens (including phenoxy) is 9. The van der Waals surface area contributed by atoms with Crippen LogP contribution in [0.1, 0.15) is 25.7 Å². The maximum absolute atomic E-state index is 13.7.